The van der Waals surface area contributed by atoms with Crippen LogP contribution in [0.1, 0.15) is 58.3 Å². The van der Waals surface area contributed by atoms with Crippen LogP contribution in [0.3, 0.4) is 0 Å². The third kappa shape index (κ3) is 5.53. The Morgan fingerprint density at radius 3 is 2.62 bits per heavy atom. The predicted octanol–water partition coefficient (Wildman–Crippen LogP) is 1.49. The average Bonchev–Trinajstić information content (AvgIpc) is 2.42. The lowest BCUT2D eigenvalue weighted by atomic mass is 9.64. The van der Waals surface area contributed by atoms with Crippen molar-refractivity contribution in [3.63, 3.8) is 0 Å². The van der Waals surface area contributed by atoms with Crippen LogP contribution in [0.5, 0.6) is 0 Å². The Morgan fingerprint density at radius 2 is 2.00 bits per heavy atom. The van der Waals surface area contributed by atoms with Crippen molar-refractivity contribution in [2.45, 2.75) is 76.3 Å². The molecule has 2 aliphatic heterocycles. The van der Waals surface area contributed by atoms with Crippen molar-refractivity contribution in [2.24, 2.45) is 0 Å². The van der Waals surface area contributed by atoms with E-state index in [1.54, 1.807) is 0 Å². The maximum Gasteiger partial charge on any atom is 0.458 e. The van der Waals surface area contributed by atoms with Crippen molar-refractivity contribution < 1.29 is 19.3 Å². The Balaban J connectivity index is 1.72. The van der Waals surface area contributed by atoms with Crippen molar-refractivity contribution in [3.05, 3.63) is 0 Å². The number of ketones is 2. The standard InChI is InChI=1S/C15H26BNO4/c1-11(18)8-15-6-5-12(16(20)21-15)9-14(19)10-13-4-2-3-7-17-13/h12-13,15,17,20H,2-10H2,1H3/t12-,13+,15+/m1/s1. The zero-order valence-electron chi connectivity index (χ0n) is 12.8. The van der Waals surface area contributed by atoms with Gasteiger partial charge in [-0.25, -0.2) is 0 Å². The maximum absolute atomic E-state index is 12.1. The molecule has 0 aliphatic carbocycles. The van der Waals surface area contributed by atoms with Gasteiger partial charge in [-0.2, -0.15) is 0 Å². The van der Waals surface area contributed by atoms with Crippen LogP contribution < -0.4 is 5.32 Å². The van der Waals surface area contributed by atoms with E-state index in [0.29, 0.717) is 25.3 Å². The highest BCUT2D eigenvalue weighted by Gasteiger charge is 2.36. The van der Waals surface area contributed by atoms with Crippen molar-refractivity contribution >= 4 is 18.7 Å². The van der Waals surface area contributed by atoms with Crippen LogP contribution in [-0.4, -0.2) is 42.4 Å². The number of hydrogen-bond acceptors (Lipinski definition) is 5. The number of carbonyl (C=O) groups is 2. The maximum atomic E-state index is 12.1. The van der Waals surface area contributed by atoms with Gasteiger partial charge in [0, 0.05) is 37.2 Å². The molecule has 2 saturated heterocycles. The number of hydrogen-bond donors (Lipinski definition) is 2. The molecule has 0 aromatic carbocycles. The summed E-state index contributed by atoms with van der Waals surface area (Å²) >= 11 is 0. The number of rotatable bonds is 6. The molecule has 2 N–H and O–H groups in total. The van der Waals surface area contributed by atoms with Crippen LogP contribution in [0.4, 0.5) is 0 Å². The fourth-order valence-electron chi connectivity index (χ4n) is 3.34. The third-order valence-electron chi connectivity index (χ3n) is 4.49. The highest BCUT2D eigenvalue weighted by Crippen LogP contribution is 2.31. The second-order valence-electron chi connectivity index (χ2n) is 6.49. The molecule has 0 aromatic heterocycles. The minimum absolute atomic E-state index is 0.0742. The number of carbonyl (C=O) groups excluding carboxylic acids is 2. The molecule has 0 aromatic rings. The first-order valence-electron chi connectivity index (χ1n) is 8.12. The van der Waals surface area contributed by atoms with Crippen LogP contribution >= 0.6 is 0 Å². The van der Waals surface area contributed by atoms with Gasteiger partial charge in [0.05, 0.1) is 0 Å². The van der Waals surface area contributed by atoms with Crippen LogP contribution in [-0.2, 0) is 14.2 Å². The fraction of sp³-hybridized carbons (Fsp3) is 0.867. The molecule has 0 bridgehead atoms. The number of nitrogens with one attached hydrogen (secondary N) is 1. The first-order chi connectivity index (χ1) is 10.0. The molecule has 2 fully saturated rings. The smallest absolute Gasteiger partial charge is 0.427 e. The normalized spacial score (nSPS) is 30.2. The third-order valence-corrected chi connectivity index (χ3v) is 4.49. The quantitative estimate of drug-likeness (QED) is 0.726. The molecular formula is C15H26BNO4. The largest absolute Gasteiger partial charge is 0.458 e. The molecule has 2 aliphatic rings. The summed E-state index contributed by atoms with van der Waals surface area (Å²) in [6.45, 7) is 2.53. The predicted molar refractivity (Wildman–Crippen MR) is 81.0 cm³/mol. The molecule has 118 valence electrons. The van der Waals surface area contributed by atoms with Crippen LogP contribution in [0.2, 0.25) is 5.82 Å². The Hall–Kier alpha value is -0.715. The molecule has 0 radical (unpaired) electrons. The molecule has 0 saturated carbocycles. The second kappa shape index (κ2) is 8.06. The van der Waals surface area contributed by atoms with E-state index in [2.05, 4.69) is 5.32 Å². The topological polar surface area (TPSA) is 75.6 Å². The monoisotopic (exact) mass is 295 g/mol. The molecule has 0 unspecified atom stereocenters. The average molecular weight is 295 g/mol. The van der Waals surface area contributed by atoms with Crippen molar-refractivity contribution in [3.8, 4) is 0 Å². The van der Waals surface area contributed by atoms with Crippen LogP contribution in [0.25, 0.3) is 0 Å². The van der Waals surface area contributed by atoms with Crippen molar-refractivity contribution in [2.75, 3.05) is 6.54 Å². The summed E-state index contributed by atoms with van der Waals surface area (Å²) in [6, 6.07) is 0.304. The second-order valence-corrected chi connectivity index (χ2v) is 6.49. The minimum atomic E-state index is -0.911. The molecule has 3 atom stereocenters. The zero-order valence-corrected chi connectivity index (χ0v) is 12.8. The fourth-order valence-corrected chi connectivity index (χ4v) is 3.34. The molecule has 0 amide bonds. The number of piperidine rings is 1. The van der Waals surface area contributed by atoms with Crippen molar-refractivity contribution in [1.82, 2.24) is 5.32 Å². The Labute approximate surface area is 127 Å². The van der Waals surface area contributed by atoms with E-state index in [9.17, 15) is 14.6 Å². The van der Waals surface area contributed by atoms with E-state index in [-0.39, 0.29) is 23.5 Å². The van der Waals surface area contributed by atoms with Gasteiger partial charge in [0.25, 0.3) is 0 Å². The van der Waals surface area contributed by atoms with Gasteiger partial charge in [0.1, 0.15) is 11.6 Å². The summed E-state index contributed by atoms with van der Waals surface area (Å²) < 4.78 is 5.47. The van der Waals surface area contributed by atoms with E-state index in [4.69, 9.17) is 4.65 Å². The van der Waals surface area contributed by atoms with Crippen molar-refractivity contribution in [1.29, 1.82) is 0 Å². The van der Waals surface area contributed by atoms with Gasteiger partial charge >= 0.3 is 7.12 Å². The minimum Gasteiger partial charge on any atom is -0.427 e. The summed E-state index contributed by atoms with van der Waals surface area (Å²) in [4.78, 5) is 23.2. The first kappa shape index (κ1) is 16.7. The van der Waals surface area contributed by atoms with Crippen LogP contribution in [0, 0.1) is 0 Å². The molecule has 21 heavy (non-hydrogen) atoms. The van der Waals surface area contributed by atoms with Gasteiger partial charge in [0.15, 0.2) is 0 Å². The zero-order chi connectivity index (χ0) is 15.2. The van der Waals surface area contributed by atoms with Crippen LogP contribution in [0.15, 0.2) is 0 Å². The highest BCUT2D eigenvalue weighted by atomic mass is 16.5. The lowest BCUT2D eigenvalue weighted by Gasteiger charge is -2.31. The van der Waals surface area contributed by atoms with E-state index in [1.165, 1.54) is 19.8 Å². The molecule has 0 spiro atoms. The lowest BCUT2D eigenvalue weighted by molar-refractivity contribution is -0.121. The molecule has 6 heteroatoms. The van der Waals surface area contributed by atoms with E-state index in [1.807, 2.05) is 0 Å². The van der Waals surface area contributed by atoms with E-state index >= 15 is 0 Å². The Bertz CT molecular complexity index is 371. The summed E-state index contributed by atoms with van der Waals surface area (Å²) in [5, 5.41) is 13.4. The summed E-state index contributed by atoms with van der Waals surface area (Å²) in [5.74, 6) is 0.154. The highest BCUT2D eigenvalue weighted by molar-refractivity contribution is 6.45. The summed E-state index contributed by atoms with van der Waals surface area (Å²) in [5.41, 5.74) is 0. The van der Waals surface area contributed by atoms with Gasteiger partial charge < -0.3 is 15.0 Å². The van der Waals surface area contributed by atoms with Gasteiger partial charge in [-0.15, -0.1) is 0 Å². The Kier molecular flexibility index (Phi) is 6.39. The SMILES string of the molecule is CC(=O)C[C@@H]1CC[C@H](CC(=O)C[C@@H]2CCCCN2)B(O)O1. The lowest BCUT2D eigenvalue weighted by Crippen LogP contribution is -2.39. The van der Waals surface area contributed by atoms with Gasteiger partial charge in [-0.3, -0.25) is 9.59 Å². The van der Waals surface area contributed by atoms with Gasteiger partial charge in [-0.05, 0) is 39.2 Å². The van der Waals surface area contributed by atoms with E-state index in [0.717, 1.165) is 25.8 Å². The first-order valence-corrected chi connectivity index (χ1v) is 8.12. The number of Topliss-reactive ketones (excluding diaryl/α,β-unsaturated/α-hetero) is 2. The molecular weight excluding hydrogens is 269 g/mol. The summed E-state index contributed by atoms with van der Waals surface area (Å²) in [6.07, 6.45) is 6.04. The van der Waals surface area contributed by atoms with Gasteiger partial charge in [0.2, 0.25) is 0 Å². The molecule has 2 rings (SSSR count). The van der Waals surface area contributed by atoms with E-state index < -0.39 is 7.12 Å². The Morgan fingerprint density at radius 1 is 1.19 bits per heavy atom. The molecule has 5 nitrogen and oxygen atoms in total. The summed E-state index contributed by atoms with van der Waals surface area (Å²) in [7, 11) is -0.911. The van der Waals surface area contributed by atoms with Gasteiger partial charge in [-0.1, -0.05) is 6.42 Å². The molecule has 2 heterocycles.